The van der Waals surface area contributed by atoms with Crippen LogP contribution in [-0.2, 0) is 0 Å². The van der Waals surface area contributed by atoms with Crippen molar-refractivity contribution in [3.8, 4) is 0 Å². The number of rotatable bonds is 6. The van der Waals surface area contributed by atoms with Crippen molar-refractivity contribution in [3.05, 3.63) is 35.2 Å². The summed E-state index contributed by atoms with van der Waals surface area (Å²) in [5.74, 6) is 0.568. The molecule has 0 radical (unpaired) electrons. The Kier molecular flexibility index (Phi) is 5.92. The average Bonchev–Trinajstić information content (AvgIpc) is 2.30. The van der Waals surface area contributed by atoms with Gasteiger partial charge in [0.1, 0.15) is 0 Å². The number of nitrogens with one attached hydrogen (secondary N) is 1. The van der Waals surface area contributed by atoms with Gasteiger partial charge in [0.2, 0.25) is 0 Å². The first-order valence-corrected chi connectivity index (χ1v) is 6.47. The van der Waals surface area contributed by atoms with Gasteiger partial charge in [-0.05, 0) is 43.0 Å². The minimum absolute atomic E-state index is 0.568. The average molecular weight is 232 g/mol. The monoisotopic (exact) mass is 232 g/mol. The highest BCUT2D eigenvalue weighted by atomic mass is 14.8. The first-order chi connectivity index (χ1) is 8.15. The van der Waals surface area contributed by atoms with Gasteiger partial charge in [-0.15, -0.1) is 0 Å². The van der Waals surface area contributed by atoms with Gasteiger partial charge in [0.05, 0.1) is 0 Å². The van der Waals surface area contributed by atoms with Crippen molar-refractivity contribution in [3.63, 3.8) is 0 Å². The summed E-state index contributed by atoms with van der Waals surface area (Å²) in [5.41, 5.74) is 3.96. The van der Waals surface area contributed by atoms with Gasteiger partial charge in [0.25, 0.3) is 0 Å². The molecule has 0 fully saturated rings. The summed E-state index contributed by atoms with van der Waals surface area (Å²) in [7, 11) is 0. The topological polar surface area (TPSA) is 24.9 Å². The summed E-state index contributed by atoms with van der Waals surface area (Å²) in [6.07, 6.45) is 7.24. The van der Waals surface area contributed by atoms with Crippen molar-refractivity contribution in [1.82, 2.24) is 10.3 Å². The summed E-state index contributed by atoms with van der Waals surface area (Å²) < 4.78 is 0. The molecular formula is C15H24N2. The van der Waals surface area contributed by atoms with E-state index in [1.807, 2.05) is 12.4 Å². The predicted molar refractivity (Wildman–Crippen MR) is 74.9 cm³/mol. The van der Waals surface area contributed by atoms with Crippen LogP contribution in [0.3, 0.4) is 0 Å². The molecule has 1 N–H and O–H groups in total. The molecule has 1 aromatic rings. The molecule has 1 heterocycles. The zero-order valence-corrected chi connectivity index (χ0v) is 11.5. The molecule has 2 nitrogen and oxygen atoms in total. The van der Waals surface area contributed by atoms with E-state index in [0.29, 0.717) is 5.92 Å². The Bertz CT molecular complexity index is 367. The third kappa shape index (κ3) is 4.70. The minimum atomic E-state index is 0.568. The normalized spacial score (nSPS) is 12.2. The Labute approximate surface area is 105 Å². The summed E-state index contributed by atoms with van der Waals surface area (Å²) in [6, 6.07) is 2.06. The maximum absolute atomic E-state index is 4.19. The van der Waals surface area contributed by atoms with E-state index < -0.39 is 0 Å². The molecule has 0 aliphatic rings. The minimum Gasteiger partial charge on any atom is -0.313 e. The number of pyridine rings is 1. The number of nitrogens with zero attached hydrogens (tertiary/aromatic N) is 1. The molecule has 1 aromatic heterocycles. The highest BCUT2D eigenvalue weighted by Crippen LogP contribution is 2.16. The summed E-state index contributed by atoms with van der Waals surface area (Å²) in [5, 5.41) is 3.47. The largest absolute Gasteiger partial charge is 0.313 e. The Hall–Kier alpha value is -1.15. The van der Waals surface area contributed by atoms with Gasteiger partial charge in [-0.25, -0.2) is 0 Å². The van der Waals surface area contributed by atoms with E-state index in [9.17, 15) is 0 Å². The predicted octanol–water partition coefficient (Wildman–Crippen LogP) is 3.43. The van der Waals surface area contributed by atoms with E-state index in [-0.39, 0.29) is 0 Å². The second kappa shape index (κ2) is 7.23. The Balaban J connectivity index is 2.79. The van der Waals surface area contributed by atoms with Gasteiger partial charge in [-0.3, -0.25) is 4.98 Å². The quantitative estimate of drug-likeness (QED) is 0.760. The lowest BCUT2D eigenvalue weighted by Crippen LogP contribution is -2.20. The second-order valence-corrected chi connectivity index (χ2v) is 4.78. The Morgan fingerprint density at radius 3 is 2.82 bits per heavy atom. The molecule has 0 saturated carbocycles. The summed E-state index contributed by atoms with van der Waals surface area (Å²) in [4.78, 5) is 4.19. The molecule has 0 aliphatic heterocycles. The molecule has 17 heavy (non-hydrogen) atoms. The maximum Gasteiger partial charge on any atom is 0.0342 e. The third-order valence-corrected chi connectivity index (χ3v) is 2.92. The standard InChI is InChI=1S/C15H24N2/c1-5-7-16-10-14(12(2)3)9-15-11-17-8-6-13(15)4/h6,8-9,11-12,16H,5,7,10H2,1-4H3/b14-9-. The zero-order chi connectivity index (χ0) is 12.7. The first kappa shape index (κ1) is 13.9. The van der Waals surface area contributed by atoms with E-state index >= 15 is 0 Å². The molecule has 0 bridgehead atoms. The molecule has 0 amide bonds. The second-order valence-electron chi connectivity index (χ2n) is 4.78. The van der Waals surface area contributed by atoms with Gasteiger partial charge in [-0.2, -0.15) is 0 Å². The molecule has 0 unspecified atom stereocenters. The molecule has 0 aromatic carbocycles. The third-order valence-electron chi connectivity index (χ3n) is 2.92. The van der Waals surface area contributed by atoms with Gasteiger partial charge in [0, 0.05) is 18.9 Å². The van der Waals surface area contributed by atoms with E-state index in [1.165, 1.54) is 23.1 Å². The lowest BCUT2D eigenvalue weighted by atomic mass is 9.99. The fourth-order valence-corrected chi connectivity index (χ4v) is 1.66. The molecule has 1 rings (SSSR count). The first-order valence-electron chi connectivity index (χ1n) is 6.47. The molecule has 0 spiro atoms. The molecule has 94 valence electrons. The highest BCUT2D eigenvalue weighted by molar-refractivity contribution is 5.56. The molecule has 2 heteroatoms. The van der Waals surface area contributed by atoms with Crippen LogP contribution < -0.4 is 5.32 Å². The summed E-state index contributed by atoms with van der Waals surface area (Å²) >= 11 is 0. The van der Waals surface area contributed by atoms with Crippen molar-refractivity contribution in [1.29, 1.82) is 0 Å². The van der Waals surface area contributed by atoms with Crippen LogP contribution in [0, 0.1) is 12.8 Å². The fraction of sp³-hybridized carbons (Fsp3) is 0.533. The SMILES string of the molecule is CCCNC/C(=C/c1cnccc1C)C(C)C. The molecule has 0 atom stereocenters. The van der Waals surface area contributed by atoms with Crippen molar-refractivity contribution >= 4 is 6.08 Å². The van der Waals surface area contributed by atoms with Crippen LogP contribution >= 0.6 is 0 Å². The smallest absolute Gasteiger partial charge is 0.0342 e. The van der Waals surface area contributed by atoms with Crippen LogP contribution in [0.5, 0.6) is 0 Å². The number of aryl methyl sites for hydroxylation is 1. The van der Waals surface area contributed by atoms with Crippen LogP contribution in [-0.4, -0.2) is 18.1 Å². The number of hydrogen-bond acceptors (Lipinski definition) is 2. The fourth-order valence-electron chi connectivity index (χ4n) is 1.66. The van der Waals surface area contributed by atoms with Crippen LogP contribution in [0.25, 0.3) is 6.08 Å². The van der Waals surface area contributed by atoms with Gasteiger partial charge in [-0.1, -0.05) is 32.4 Å². The Morgan fingerprint density at radius 2 is 2.24 bits per heavy atom. The van der Waals surface area contributed by atoms with Crippen molar-refractivity contribution in [2.24, 2.45) is 5.92 Å². The highest BCUT2D eigenvalue weighted by Gasteiger charge is 2.04. The number of hydrogen-bond donors (Lipinski definition) is 1. The molecule has 0 aliphatic carbocycles. The van der Waals surface area contributed by atoms with E-state index in [2.05, 4.69) is 50.1 Å². The maximum atomic E-state index is 4.19. The Morgan fingerprint density at radius 1 is 1.47 bits per heavy atom. The van der Waals surface area contributed by atoms with Crippen LogP contribution in [0.4, 0.5) is 0 Å². The van der Waals surface area contributed by atoms with E-state index in [1.54, 1.807) is 0 Å². The van der Waals surface area contributed by atoms with Gasteiger partial charge in [0.15, 0.2) is 0 Å². The van der Waals surface area contributed by atoms with Crippen LogP contribution in [0.2, 0.25) is 0 Å². The lowest BCUT2D eigenvalue weighted by Gasteiger charge is -2.13. The van der Waals surface area contributed by atoms with Crippen molar-refractivity contribution in [2.45, 2.75) is 34.1 Å². The number of aromatic nitrogens is 1. The zero-order valence-electron chi connectivity index (χ0n) is 11.5. The van der Waals surface area contributed by atoms with Crippen LogP contribution in [0.15, 0.2) is 24.0 Å². The molecule has 0 saturated heterocycles. The van der Waals surface area contributed by atoms with E-state index in [4.69, 9.17) is 0 Å². The lowest BCUT2D eigenvalue weighted by molar-refractivity contribution is 0.657. The van der Waals surface area contributed by atoms with Crippen molar-refractivity contribution < 1.29 is 0 Å². The van der Waals surface area contributed by atoms with Gasteiger partial charge < -0.3 is 5.32 Å². The molecular weight excluding hydrogens is 208 g/mol. The summed E-state index contributed by atoms with van der Waals surface area (Å²) in [6.45, 7) is 10.9. The van der Waals surface area contributed by atoms with Crippen LogP contribution in [0.1, 0.15) is 38.3 Å². The van der Waals surface area contributed by atoms with E-state index in [0.717, 1.165) is 13.1 Å². The van der Waals surface area contributed by atoms with Crippen molar-refractivity contribution in [2.75, 3.05) is 13.1 Å². The van der Waals surface area contributed by atoms with Gasteiger partial charge >= 0.3 is 0 Å².